The van der Waals surface area contributed by atoms with Crippen LogP contribution >= 0.6 is 0 Å². The molecule has 10 heteroatoms. The Labute approximate surface area is 192 Å². The van der Waals surface area contributed by atoms with Crippen LogP contribution in [-0.4, -0.2) is 63.5 Å². The van der Waals surface area contributed by atoms with Crippen molar-refractivity contribution in [3.05, 3.63) is 60.2 Å². The quantitative estimate of drug-likeness (QED) is 0.639. The molecule has 1 amide bonds. The second-order valence-corrected chi connectivity index (χ2v) is 9.92. The summed E-state index contributed by atoms with van der Waals surface area (Å²) in [5.41, 5.74) is 0.193. The maximum Gasteiger partial charge on any atom is 0.411 e. The number of carbonyl (C=O) groups is 2. The van der Waals surface area contributed by atoms with Crippen LogP contribution in [0.25, 0.3) is 0 Å². The highest BCUT2D eigenvalue weighted by molar-refractivity contribution is 7.92. The van der Waals surface area contributed by atoms with Crippen LogP contribution in [0, 0.1) is 0 Å². The van der Waals surface area contributed by atoms with E-state index in [1.165, 1.54) is 35.6 Å². The number of nitrogens with zero attached hydrogens (tertiary/aromatic N) is 2. The van der Waals surface area contributed by atoms with Gasteiger partial charge in [-0.15, -0.1) is 0 Å². The minimum absolute atomic E-state index is 0.0593. The molecule has 1 fully saturated rings. The molecular weight excluding hydrogens is 448 g/mol. The van der Waals surface area contributed by atoms with Crippen molar-refractivity contribution in [3.8, 4) is 0 Å². The Morgan fingerprint density at radius 3 is 2.36 bits per heavy atom. The number of amides is 1. The van der Waals surface area contributed by atoms with Crippen molar-refractivity contribution in [2.75, 3.05) is 25.1 Å². The topological polar surface area (TPSA) is 113 Å². The smallest absolute Gasteiger partial charge is 0.411 e. The molecule has 33 heavy (non-hydrogen) atoms. The number of ether oxygens (including phenoxy) is 2. The molecule has 2 aliphatic rings. The number of hydrogen-bond acceptors (Lipinski definition) is 7. The van der Waals surface area contributed by atoms with Gasteiger partial charge in [-0.1, -0.05) is 36.4 Å². The number of sulfonamides is 1. The zero-order valence-electron chi connectivity index (χ0n) is 18.4. The molecule has 0 radical (unpaired) electrons. The molecule has 1 N–H and O–H groups in total. The largest absolute Gasteiger partial charge is 0.467 e. The summed E-state index contributed by atoms with van der Waals surface area (Å²) in [6.45, 7) is -0.122. The predicted octanol–water partition coefficient (Wildman–Crippen LogP) is 2.25. The van der Waals surface area contributed by atoms with Crippen LogP contribution in [0.2, 0.25) is 0 Å². The first kappa shape index (κ1) is 23.1. The summed E-state index contributed by atoms with van der Waals surface area (Å²) in [4.78, 5) is 27.0. The number of para-hydroxylation sites is 1. The van der Waals surface area contributed by atoms with Gasteiger partial charge in [-0.2, -0.15) is 0 Å². The normalized spacial score (nSPS) is 23.7. The summed E-state index contributed by atoms with van der Waals surface area (Å²) in [6.07, 6.45) is -1.05. The molecule has 2 aromatic rings. The van der Waals surface area contributed by atoms with Crippen LogP contribution in [0.3, 0.4) is 0 Å². The maximum absolute atomic E-state index is 13.9. The van der Waals surface area contributed by atoms with Gasteiger partial charge in [0.2, 0.25) is 0 Å². The standard InChI is InChI=1S/C23H26N2O7S/c1-31-20(27)19-15-23(13-8-14-26)17-11-6-7-12-18(17)25(21(23)24(19)22(28)32-2)33(29,30)16-9-4-3-5-10-16/h3-7,9-12,19,21,26H,8,13-15H2,1-2H3/t19-,21-,23+/m0/s1. The molecule has 0 unspecified atom stereocenters. The van der Waals surface area contributed by atoms with E-state index in [2.05, 4.69) is 0 Å². The van der Waals surface area contributed by atoms with Crippen LogP contribution in [0.15, 0.2) is 59.5 Å². The second kappa shape index (κ2) is 8.68. The van der Waals surface area contributed by atoms with Crippen LogP contribution in [0.4, 0.5) is 10.5 Å². The highest BCUT2D eigenvalue weighted by Gasteiger charge is 2.66. The number of aliphatic hydroxyl groups is 1. The SMILES string of the molecule is COC(=O)[C@@H]1C[C@]2(CCCO)c3ccccc3N(S(=O)(=O)c3ccccc3)[C@@H]2N1C(=O)OC. The zero-order chi connectivity index (χ0) is 23.8. The molecule has 0 spiro atoms. The molecule has 9 nitrogen and oxygen atoms in total. The number of aliphatic hydroxyl groups excluding tert-OH is 1. The number of likely N-dealkylation sites (tertiary alicyclic amines) is 1. The Bertz CT molecular complexity index is 1150. The Hall–Kier alpha value is -3.11. The van der Waals surface area contributed by atoms with E-state index in [9.17, 15) is 23.1 Å². The van der Waals surface area contributed by atoms with Crippen molar-refractivity contribution in [3.63, 3.8) is 0 Å². The lowest BCUT2D eigenvalue weighted by molar-refractivity contribution is -0.145. The van der Waals surface area contributed by atoms with Gasteiger partial charge in [-0.25, -0.2) is 22.3 Å². The molecule has 0 aromatic heterocycles. The predicted molar refractivity (Wildman–Crippen MR) is 119 cm³/mol. The number of anilines is 1. The highest BCUT2D eigenvalue weighted by atomic mass is 32.2. The average molecular weight is 475 g/mol. The fourth-order valence-corrected chi connectivity index (χ4v) is 6.90. The van der Waals surface area contributed by atoms with Crippen molar-refractivity contribution in [1.29, 1.82) is 0 Å². The minimum atomic E-state index is -4.13. The minimum Gasteiger partial charge on any atom is -0.467 e. The zero-order valence-corrected chi connectivity index (χ0v) is 19.2. The Kier molecular flexibility index (Phi) is 6.06. The van der Waals surface area contributed by atoms with Crippen molar-refractivity contribution < 1.29 is 32.6 Å². The van der Waals surface area contributed by atoms with Crippen molar-refractivity contribution in [1.82, 2.24) is 4.90 Å². The molecule has 1 saturated heterocycles. The van der Waals surface area contributed by atoms with Crippen molar-refractivity contribution in [2.45, 2.75) is 41.8 Å². The molecule has 2 aromatic carbocycles. The fraction of sp³-hybridized carbons (Fsp3) is 0.391. The molecule has 4 rings (SSSR count). The summed E-state index contributed by atoms with van der Waals surface area (Å²) in [6, 6.07) is 13.9. The van der Waals surface area contributed by atoms with Gasteiger partial charge in [0.25, 0.3) is 10.0 Å². The van der Waals surface area contributed by atoms with Gasteiger partial charge in [-0.3, -0.25) is 4.90 Å². The summed E-state index contributed by atoms with van der Waals surface area (Å²) >= 11 is 0. The third kappa shape index (κ3) is 3.44. The first-order chi connectivity index (χ1) is 15.8. The number of rotatable bonds is 6. The van der Waals surface area contributed by atoms with Crippen molar-refractivity contribution >= 4 is 27.8 Å². The van der Waals surface area contributed by atoms with Crippen LogP contribution in [-0.2, 0) is 29.7 Å². The lowest BCUT2D eigenvalue weighted by Crippen LogP contribution is -2.56. The summed E-state index contributed by atoms with van der Waals surface area (Å²) in [7, 11) is -1.73. The van der Waals surface area contributed by atoms with Gasteiger partial charge in [-0.05, 0) is 43.0 Å². The molecule has 0 bridgehead atoms. The van der Waals surface area contributed by atoms with Gasteiger partial charge in [0.1, 0.15) is 12.2 Å². The van der Waals surface area contributed by atoms with Gasteiger partial charge in [0, 0.05) is 12.0 Å². The number of benzene rings is 2. The Balaban J connectivity index is 1.99. The highest BCUT2D eigenvalue weighted by Crippen LogP contribution is 2.58. The van der Waals surface area contributed by atoms with Gasteiger partial charge in [0.15, 0.2) is 0 Å². The van der Waals surface area contributed by atoms with Gasteiger partial charge < -0.3 is 14.6 Å². The number of carbonyl (C=O) groups excluding carboxylic acids is 2. The van der Waals surface area contributed by atoms with E-state index in [0.717, 1.165) is 0 Å². The van der Waals surface area contributed by atoms with E-state index in [1.807, 2.05) is 6.07 Å². The first-order valence-electron chi connectivity index (χ1n) is 10.6. The molecule has 3 atom stereocenters. The van der Waals surface area contributed by atoms with E-state index in [-0.39, 0.29) is 17.9 Å². The van der Waals surface area contributed by atoms with Crippen molar-refractivity contribution in [2.24, 2.45) is 0 Å². The van der Waals surface area contributed by atoms with Crippen LogP contribution < -0.4 is 4.31 Å². The summed E-state index contributed by atoms with van der Waals surface area (Å²) < 4.78 is 39.0. The molecule has 176 valence electrons. The fourth-order valence-electron chi connectivity index (χ4n) is 5.18. The van der Waals surface area contributed by atoms with E-state index in [1.54, 1.807) is 36.4 Å². The Morgan fingerprint density at radius 1 is 1.06 bits per heavy atom. The van der Waals surface area contributed by atoms with Gasteiger partial charge >= 0.3 is 12.1 Å². The number of fused-ring (bicyclic) bond motifs is 3. The van der Waals surface area contributed by atoms with Crippen LogP contribution in [0.1, 0.15) is 24.8 Å². The molecule has 2 heterocycles. The molecule has 0 aliphatic carbocycles. The Morgan fingerprint density at radius 2 is 1.73 bits per heavy atom. The number of esters is 1. The maximum atomic E-state index is 13.9. The van der Waals surface area contributed by atoms with Crippen LogP contribution in [0.5, 0.6) is 0 Å². The third-order valence-corrected chi connectivity index (χ3v) is 8.27. The first-order valence-corrected chi connectivity index (χ1v) is 12.0. The molecule has 2 aliphatic heterocycles. The third-order valence-electron chi connectivity index (χ3n) is 6.49. The summed E-state index contributed by atoms with van der Waals surface area (Å²) in [5.74, 6) is -0.660. The van der Waals surface area contributed by atoms with E-state index < -0.39 is 39.7 Å². The molecular formula is C23H26N2O7S. The number of methoxy groups -OCH3 is 2. The monoisotopic (exact) mass is 474 g/mol. The lowest BCUT2D eigenvalue weighted by atomic mass is 9.74. The lowest BCUT2D eigenvalue weighted by Gasteiger charge is -2.37. The average Bonchev–Trinajstić information content (AvgIpc) is 3.32. The van der Waals surface area contributed by atoms with E-state index in [4.69, 9.17) is 9.47 Å². The van der Waals surface area contributed by atoms with Gasteiger partial charge in [0.05, 0.1) is 24.8 Å². The van der Waals surface area contributed by atoms with E-state index >= 15 is 0 Å². The number of hydrogen-bond donors (Lipinski definition) is 1. The van der Waals surface area contributed by atoms with E-state index in [0.29, 0.717) is 24.1 Å². The summed E-state index contributed by atoms with van der Waals surface area (Å²) in [5, 5.41) is 9.61. The second-order valence-electron chi connectivity index (χ2n) is 8.11. The molecule has 0 saturated carbocycles.